The quantitative estimate of drug-likeness (QED) is 0.782. The molecule has 0 aromatic heterocycles. The Morgan fingerprint density at radius 1 is 1.00 bits per heavy atom. The Labute approximate surface area is 134 Å². The number of halogens is 1. The second kappa shape index (κ2) is 8.05. The minimum absolute atomic E-state index is 0.736. The van der Waals surface area contributed by atoms with Gasteiger partial charge >= 0.3 is 0 Å². The van der Waals surface area contributed by atoms with Crippen molar-refractivity contribution >= 4 is 15.9 Å². The lowest BCUT2D eigenvalue weighted by atomic mass is 10.2. The topological polar surface area (TPSA) is 30.5 Å². The highest BCUT2D eigenvalue weighted by Gasteiger charge is 2.03. The number of hydrogen-bond acceptors (Lipinski definition) is 3. The Hall–Kier alpha value is -1.52. The van der Waals surface area contributed by atoms with Gasteiger partial charge in [0.15, 0.2) is 0 Å². The molecular weight excluding hydrogens is 330 g/mol. The third kappa shape index (κ3) is 4.76. The Morgan fingerprint density at radius 3 is 2.29 bits per heavy atom. The first kappa shape index (κ1) is 15.9. The van der Waals surface area contributed by atoms with E-state index >= 15 is 0 Å². The summed E-state index contributed by atoms with van der Waals surface area (Å²) in [6, 6.07) is 13.7. The molecule has 0 fully saturated rings. The van der Waals surface area contributed by atoms with E-state index in [0.29, 0.717) is 0 Å². The fourth-order valence-electron chi connectivity index (χ4n) is 1.89. The Balaban J connectivity index is 2.02. The van der Waals surface area contributed by atoms with E-state index in [-0.39, 0.29) is 0 Å². The van der Waals surface area contributed by atoms with Crippen LogP contribution in [0.1, 0.15) is 18.9 Å². The average molecular weight is 350 g/mol. The van der Waals surface area contributed by atoms with E-state index in [2.05, 4.69) is 34.2 Å². The summed E-state index contributed by atoms with van der Waals surface area (Å²) in [5.41, 5.74) is 1.20. The lowest BCUT2D eigenvalue weighted by Gasteiger charge is -2.10. The maximum Gasteiger partial charge on any atom is 0.128 e. The maximum atomic E-state index is 5.85. The summed E-state index contributed by atoms with van der Waals surface area (Å²) in [6.07, 6.45) is 1.01. The standard InChI is InChI=1S/C17H20BrNO2/c1-3-10-20-14-6-8-15(9-7-14)21-16-5-4-13(12-19-2)17(18)11-16/h4-9,11,19H,3,10,12H2,1-2H3. The van der Waals surface area contributed by atoms with Crippen LogP contribution in [0.25, 0.3) is 0 Å². The second-order valence-electron chi connectivity index (χ2n) is 4.71. The minimum atomic E-state index is 0.736. The summed E-state index contributed by atoms with van der Waals surface area (Å²) >= 11 is 3.56. The normalized spacial score (nSPS) is 10.4. The number of rotatable bonds is 7. The largest absolute Gasteiger partial charge is 0.494 e. The molecule has 0 amide bonds. The Kier molecular flexibility index (Phi) is 6.08. The van der Waals surface area contributed by atoms with Gasteiger partial charge in [-0.05, 0) is 55.4 Å². The molecule has 1 N–H and O–H groups in total. The van der Waals surface area contributed by atoms with E-state index in [0.717, 1.165) is 41.3 Å². The first-order valence-electron chi connectivity index (χ1n) is 7.06. The van der Waals surface area contributed by atoms with Gasteiger partial charge in [-0.1, -0.05) is 28.9 Å². The van der Waals surface area contributed by atoms with Gasteiger partial charge in [0.25, 0.3) is 0 Å². The molecule has 0 heterocycles. The first-order valence-corrected chi connectivity index (χ1v) is 7.86. The van der Waals surface area contributed by atoms with Crippen LogP contribution < -0.4 is 14.8 Å². The highest BCUT2D eigenvalue weighted by molar-refractivity contribution is 9.10. The molecule has 2 rings (SSSR count). The summed E-state index contributed by atoms with van der Waals surface area (Å²) < 4.78 is 12.4. The molecule has 0 atom stereocenters. The van der Waals surface area contributed by atoms with Crippen molar-refractivity contribution in [2.75, 3.05) is 13.7 Å². The van der Waals surface area contributed by atoms with Gasteiger partial charge in [-0.15, -0.1) is 0 Å². The average Bonchev–Trinajstić information content (AvgIpc) is 2.49. The predicted octanol–water partition coefficient (Wildman–Crippen LogP) is 4.75. The number of benzene rings is 2. The molecule has 3 nitrogen and oxygen atoms in total. The zero-order valence-corrected chi connectivity index (χ0v) is 13.9. The van der Waals surface area contributed by atoms with Crippen LogP contribution in [0.15, 0.2) is 46.9 Å². The van der Waals surface area contributed by atoms with Crippen molar-refractivity contribution in [2.24, 2.45) is 0 Å². The monoisotopic (exact) mass is 349 g/mol. The van der Waals surface area contributed by atoms with Gasteiger partial charge in [0, 0.05) is 11.0 Å². The molecule has 0 saturated carbocycles. The lowest BCUT2D eigenvalue weighted by molar-refractivity contribution is 0.317. The van der Waals surface area contributed by atoms with E-state index in [9.17, 15) is 0 Å². The van der Waals surface area contributed by atoms with E-state index in [1.54, 1.807) is 0 Å². The van der Waals surface area contributed by atoms with Crippen LogP contribution in [0, 0.1) is 0 Å². The van der Waals surface area contributed by atoms with Crippen LogP contribution in [0.5, 0.6) is 17.2 Å². The summed E-state index contributed by atoms with van der Waals surface area (Å²) in [5, 5.41) is 3.13. The highest BCUT2D eigenvalue weighted by Crippen LogP contribution is 2.28. The molecule has 21 heavy (non-hydrogen) atoms. The molecule has 0 aliphatic rings. The van der Waals surface area contributed by atoms with Crippen LogP contribution in [0.4, 0.5) is 0 Å². The Bertz CT molecular complexity index is 570. The zero-order chi connectivity index (χ0) is 15.1. The molecule has 0 radical (unpaired) electrons. The van der Waals surface area contributed by atoms with Crippen molar-refractivity contribution in [3.8, 4) is 17.2 Å². The SMILES string of the molecule is CCCOc1ccc(Oc2ccc(CNC)c(Br)c2)cc1. The molecule has 0 unspecified atom stereocenters. The second-order valence-corrected chi connectivity index (χ2v) is 5.56. The van der Waals surface area contributed by atoms with Crippen molar-refractivity contribution < 1.29 is 9.47 Å². The van der Waals surface area contributed by atoms with Gasteiger partial charge in [0.05, 0.1) is 6.61 Å². The summed E-state index contributed by atoms with van der Waals surface area (Å²) in [7, 11) is 1.93. The van der Waals surface area contributed by atoms with Crippen molar-refractivity contribution in [1.29, 1.82) is 0 Å². The van der Waals surface area contributed by atoms with Crippen LogP contribution in [0.3, 0.4) is 0 Å². The van der Waals surface area contributed by atoms with Crippen molar-refractivity contribution in [3.63, 3.8) is 0 Å². The molecule has 0 aliphatic heterocycles. The van der Waals surface area contributed by atoms with Crippen LogP contribution in [-0.4, -0.2) is 13.7 Å². The van der Waals surface area contributed by atoms with Crippen LogP contribution in [0.2, 0.25) is 0 Å². The first-order chi connectivity index (χ1) is 10.2. The van der Waals surface area contributed by atoms with Gasteiger partial charge in [0.2, 0.25) is 0 Å². The van der Waals surface area contributed by atoms with Gasteiger partial charge in [-0.25, -0.2) is 0 Å². The van der Waals surface area contributed by atoms with Crippen molar-refractivity contribution in [2.45, 2.75) is 19.9 Å². The molecule has 0 saturated heterocycles. The van der Waals surface area contributed by atoms with Crippen molar-refractivity contribution in [1.82, 2.24) is 5.32 Å². The molecule has 0 spiro atoms. The Morgan fingerprint density at radius 2 is 1.67 bits per heavy atom. The van der Waals surface area contributed by atoms with Gasteiger partial charge in [-0.3, -0.25) is 0 Å². The molecule has 2 aromatic rings. The van der Waals surface area contributed by atoms with Crippen LogP contribution in [-0.2, 0) is 6.54 Å². The maximum absolute atomic E-state index is 5.85. The van der Waals surface area contributed by atoms with Crippen molar-refractivity contribution in [3.05, 3.63) is 52.5 Å². The highest BCUT2D eigenvalue weighted by atomic mass is 79.9. The number of ether oxygens (including phenoxy) is 2. The predicted molar refractivity (Wildman–Crippen MR) is 89.2 cm³/mol. The van der Waals surface area contributed by atoms with Gasteiger partial charge < -0.3 is 14.8 Å². The molecule has 2 aromatic carbocycles. The lowest BCUT2D eigenvalue weighted by Crippen LogP contribution is -2.05. The molecule has 112 valence electrons. The molecule has 0 aliphatic carbocycles. The third-order valence-electron chi connectivity index (χ3n) is 2.92. The van der Waals surface area contributed by atoms with Gasteiger partial charge in [0.1, 0.15) is 17.2 Å². The molecular formula is C17H20BrNO2. The fourth-order valence-corrected chi connectivity index (χ4v) is 2.38. The van der Waals surface area contributed by atoms with E-state index in [1.807, 2.05) is 43.4 Å². The third-order valence-corrected chi connectivity index (χ3v) is 3.66. The number of nitrogens with one attached hydrogen (secondary N) is 1. The molecule has 0 bridgehead atoms. The molecule has 4 heteroatoms. The smallest absolute Gasteiger partial charge is 0.128 e. The van der Waals surface area contributed by atoms with Crippen LogP contribution >= 0.6 is 15.9 Å². The summed E-state index contributed by atoms with van der Waals surface area (Å²) in [6.45, 7) is 3.65. The van der Waals surface area contributed by atoms with E-state index < -0.39 is 0 Å². The minimum Gasteiger partial charge on any atom is -0.494 e. The summed E-state index contributed by atoms with van der Waals surface area (Å²) in [5.74, 6) is 2.48. The number of hydrogen-bond donors (Lipinski definition) is 1. The van der Waals surface area contributed by atoms with Gasteiger partial charge in [-0.2, -0.15) is 0 Å². The van der Waals surface area contributed by atoms with E-state index in [4.69, 9.17) is 9.47 Å². The van der Waals surface area contributed by atoms with E-state index in [1.165, 1.54) is 5.56 Å². The zero-order valence-electron chi connectivity index (χ0n) is 12.4. The fraction of sp³-hybridized carbons (Fsp3) is 0.294. The summed E-state index contributed by atoms with van der Waals surface area (Å²) in [4.78, 5) is 0.